The molecule has 0 fully saturated rings. The van der Waals surface area contributed by atoms with E-state index in [4.69, 9.17) is 0 Å². The topological polar surface area (TPSA) is 49.3 Å². The summed E-state index contributed by atoms with van der Waals surface area (Å²) in [5, 5.41) is 13.2. The van der Waals surface area contributed by atoms with Gasteiger partial charge >= 0.3 is 0 Å². The summed E-state index contributed by atoms with van der Waals surface area (Å²) in [5.74, 6) is -0.0322. The number of carbonyl (C=O) groups excluding carboxylic acids is 1. The van der Waals surface area contributed by atoms with E-state index in [9.17, 15) is 9.90 Å². The number of rotatable bonds is 7. The van der Waals surface area contributed by atoms with Gasteiger partial charge in [0, 0.05) is 17.3 Å². The highest BCUT2D eigenvalue weighted by atomic mass is 79.9. The zero-order valence-corrected chi connectivity index (χ0v) is 15.7. The predicted molar refractivity (Wildman–Crippen MR) is 101 cm³/mol. The fourth-order valence-electron chi connectivity index (χ4n) is 2.57. The number of aliphatic hydroxyl groups is 1. The lowest BCUT2D eigenvalue weighted by Crippen LogP contribution is -2.42. The molecule has 0 saturated carbocycles. The van der Waals surface area contributed by atoms with Crippen molar-refractivity contribution in [1.29, 1.82) is 0 Å². The molecule has 128 valence electrons. The van der Waals surface area contributed by atoms with Gasteiger partial charge in [0.1, 0.15) is 0 Å². The Morgan fingerprint density at radius 1 is 1.17 bits per heavy atom. The first kappa shape index (κ1) is 18.7. The van der Waals surface area contributed by atoms with Crippen LogP contribution in [0.1, 0.15) is 30.0 Å². The van der Waals surface area contributed by atoms with Gasteiger partial charge in [-0.3, -0.25) is 4.79 Å². The van der Waals surface area contributed by atoms with Crippen molar-refractivity contribution in [3.8, 4) is 0 Å². The molecule has 24 heavy (non-hydrogen) atoms. The highest BCUT2D eigenvalue weighted by Gasteiger charge is 2.17. The summed E-state index contributed by atoms with van der Waals surface area (Å²) in [5.41, 5.74) is 3.37. The average molecular weight is 390 g/mol. The number of aliphatic hydroxyl groups excluding tert-OH is 1. The van der Waals surface area contributed by atoms with E-state index in [-0.39, 0.29) is 11.9 Å². The van der Waals surface area contributed by atoms with E-state index >= 15 is 0 Å². The molecular weight excluding hydrogens is 366 g/mol. The van der Waals surface area contributed by atoms with E-state index in [0.717, 1.165) is 15.6 Å². The van der Waals surface area contributed by atoms with Crippen LogP contribution in [-0.4, -0.2) is 23.2 Å². The van der Waals surface area contributed by atoms with Crippen molar-refractivity contribution in [2.24, 2.45) is 0 Å². The molecule has 0 aliphatic carbocycles. The van der Waals surface area contributed by atoms with Crippen LogP contribution in [0.15, 0.2) is 53.0 Å². The number of amides is 1. The second-order valence-corrected chi connectivity index (χ2v) is 7.05. The van der Waals surface area contributed by atoms with Gasteiger partial charge in [-0.05, 0) is 43.0 Å². The molecule has 2 aromatic rings. The molecule has 0 radical (unpaired) electrons. The summed E-state index contributed by atoms with van der Waals surface area (Å²) in [6.45, 7) is 3.88. The van der Waals surface area contributed by atoms with E-state index in [1.165, 1.54) is 5.56 Å². The lowest BCUT2D eigenvalue weighted by atomic mass is 10.0. The van der Waals surface area contributed by atoms with Crippen LogP contribution < -0.4 is 5.32 Å². The van der Waals surface area contributed by atoms with Crippen LogP contribution in [0.2, 0.25) is 0 Å². The molecule has 2 atom stereocenters. The number of benzene rings is 2. The highest BCUT2D eigenvalue weighted by molar-refractivity contribution is 9.10. The maximum Gasteiger partial charge on any atom is 0.220 e. The third kappa shape index (κ3) is 5.77. The highest BCUT2D eigenvalue weighted by Crippen LogP contribution is 2.18. The predicted octanol–water partition coefficient (Wildman–Crippen LogP) is 3.80. The molecule has 2 rings (SSSR count). The standard InChI is InChI=1S/C20H24BrNO2/c1-14-12-17(8-10-18(14)21)9-11-20(24)22-15(2)19(23)13-16-6-4-3-5-7-16/h3-8,10,12,15,19,23H,9,11,13H2,1-2H3,(H,22,24)/t15-,19+/m0/s1. The zero-order valence-electron chi connectivity index (χ0n) is 14.1. The lowest BCUT2D eigenvalue weighted by Gasteiger charge is -2.20. The summed E-state index contributed by atoms with van der Waals surface area (Å²) < 4.78 is 1.08. The Labute approximate surface area is 152 Å². The van der Waals surface area contributed by atoms with Gasteiger partial charge in [0.05, 0.1) is 12.1 Å². The van der Waals surface area contributed by atoms with Crippen LogP contribution in [0, 0.1) is 6.92 Å². The first-order valence-corrected chi connectivity index (χ1v) is 9.01. The molecule has 1 amide bonds. The van der Waals surface area contributed by atoms with Crippen LogP contribution in [0.3, 0.4) is 0 Å². The smallest absolute Gasteiger partial charge is 0.220 e. The second kappa shape index (κ2) is 9.00. The van der Waals surface area contributed by atoms with Crippen LogP contribution >= 0.6 is 15.9 Å². The summed E-state index contributed by atoms with van der Waals surface area (Å²) in [6, 6.07) is 15.7. The van der Waals surface area contributed by atoms with Crippen LogP contribution in [0.5, 0.6) is 0 Å². The Morgan fingerprint density at radius 2 is 1.88 bits per heavy atom. The average Bonchev–Trinajstić information content (AvgIpc) is 2.56. The summed E-state index contributed by atoms with van der Waals surface area (Å²) >= 11 is 3.48. The maximum atomic E-state index is 12.1. The van der Waals surface area contributed by atoms with E-state index in [1.54, 1.807) is 0 Å². The molecule has 0 aromatic heterocycles. The van der Waals surface area contributed by atoms with E-state index in [0.29, 0.717) is 19.3 Å². The molecule has 0 saturated heterocycles. The Morgan fingerprint density at radius 3 is 2.54 bits per heavy atom. The maximum absolute atomic E-state index is 12.1. The minimum atomic E-state index is -0.591. The summed E-state index contributed by atoms with van der Waals surface area (Å²) in [7, 11) is 0. The fourth-order valence-corrected chi connectivity index (χ4v) is 2.82. The zero-order chi connectivity index (χ0) is 17.5. The van der Waals surface area contributed by atoms with Gasteiger partial charge in [-0.1, -0.05) is 58.4 Å². The van der Waals surface area contributed by atoms with Crippen LogP contribution in [0.4, 0.5) is 0 Å². The molecular formula is C20H24BrNO2. The minimum absolute atomic E-state index is 0.0322. The Hall–Kier alpha value is -1.65. The molecule has 0 bridgehead atoms. The van der Waals surface area contributed by atoms with Gasteiger partial charge < -0.3 is 10.4 Å². The fraction of sp³-hybridized carbons (Fsp3) is 0.350. The Bertz CT molecular complexity index is 673. The molecule has 2 aromatic carbocycles. The number of nitrogens with one attached hydrogen (secondary N) is 1. The third-order valence-corrected chi connectivity index (χ3v) is 5.01. The first-order valence-electron chi connectivity index (χ1n) is 8.22. The molecule has 3 nitrogen and oxygen atoms in total. The number of hydrogen-bond acceptors (Lipinski definition) is 2. The third-order valence-electron chi connectivity index (χ3n) is 4.12. The van der Waals surface area contributed by atoms with Crippen molar-refractivity contribution in [2.45, 2.75) is 45.3 Å². The second-order valence-electron chi connectivity index (χ2n) is 6.20. The number of carbonyl (C=O) groups is 1. The SMILES string of the molecule is Cc1cc(CCC(=O)N[C@@H](C)[C@H](O)Cc2ccccc2)ccc1Br. The molecule has 0 aliphatic heterocycles. The van der Waals surface area contributed by atoms with Gasteiger partial charge in [-0.15, -0.1) is 0 Å². The van der Waals surface area contributed by atoms with Crippen molar-refractivity contribution < 1.29 is 9.90 Å². The monoisotopic (exact) mass is 389 g/mol. The van der Waals surface area contributed by atoms with Gasteiger partial charge in [0.15, 0.2) is 0 Å². The minimum Gasteiger partial charge on any atom is -0.391 e. The summed E-state index contributed by atoms with van der Waals surface area (Å²) in [6.07, 6.45) is 1.06. The van der Waals surface area contributed by atoms with Gasteiger partial charge in [-0.25, -0.2) is 0 Å². The van der Waals surface area contributed by atoms with Crippen LogP contribution in [0.25, 0.3) is 0 Å². The van der Waals surface area contributed by atoms with Gasteiger partial charge in [0.25, 0.3) is 0 Å². The number of hydrogen-bond donors (Lipinski definition) is 2. The molecule has 0 unspecified atom stereocenters. The molecule has 0 aliphatic rings. The largest absolute Gasteiger partial charge is 0.391 e. The van der Waals surface area contributed by atoms with Gasteiger partial charge in [-0.2, -0.15) is 0 Å². The van der Waals surface area contributed by atoms with E-state index in [1.807, 2.05) is 56.3 Å². The normalized spacial score (nSPS) is 13.3. The van der Waals surface area contributed by atoms with Crippen LogP contribution in [-0.2, 0) is 17.6 Å². The van der Waals surface area contributed by atoms with Crippen molar-refractivity contribution in [2.75, 3.05) is 0 Å². The van der Waals surface area contributed by atoms with Crippen molar-refractivity contribution in [1.82, 2.24) is 5.32 Å². The van der Waals surface area contributed by atoms with Crippen molar-refractivity contribution in [3.05, 3.63) is 69.7 Å². The first-order chi connectivity index (χ1) is 11.5. The molecule has 0 spiro atoms. The van der Waals surface area contributed by atoms with Crippen molar-refractivity contribution >= 4 is 21.8 Å². The lowest BCUT2D eigenvalue weighted by molar-refractivity contribution is -0.122. The quantitative estimate of drug-likeness (QED) is 0.756. The Balaban J connectivity index is 1.79. The number of halogens is 1. The van der Waals surface area contributed by atoms with E-state index < -0.39 is 6.10 Å². The summed E-state index contributed by atoms with van der Waals surface area (Å²) in [4.78, 5) is 12.1. The van der Waals surface area contributed by atoms with Gasteiger partial charge in [0.2, 0.25) is 5.91 Å². The Kier molecular flexibility index (Phi) is 7.00. The molecule has 2 N–H and O–H groups in total. The molecule has 4 heteroatoms. The number of aryl methyl sites for hydroxylation is 2. The van der Waals surface area contributed by atoms with Crippen molar-refractivity contribution in [3.63, 3.8) is 0 Å². The molecule has 0 heterocycles. The van der Waals surface area contributed by atoms with E-state index in [2.05, 4.69) is 27.3 Å².